The van der Waals surface area contributed by atoms with Gasteiger partial charge >= 0.3 is 0 Å². The smallest absolute Gasteiger partial charge is 0.278 e. The second-order valence-corrected chi connectivity index (χ2v) is 4.99. The van der Waals surface area contributed by atoms with Crippen LogP contribution in [0.2, 0.25) is 0 Å². The largest absolute Gasteiger partial charge is 0.369 e. The maximum absolute atomic E-state index is 11.7. The molecule has 0 aliphatic heterocycles. The number of aromatic nitrogens is 4. The van der Waals surface area contributed by atoms with Crippen LogP contribution in [0.3, 0.4) is 0 Å². The second-order valence-electron chi connectivity index (χ2n) is 3.75. The second kappa shape index (κ2) is 4.09. The van der Waals surface area contributed by atoms with E-state index in [1.165, 1.54) is 0 Å². The van der Waals surface area contributed by atoms with Crippen LogP contribution in [0.4, 0.5) is 5.95 Å². The molecule has 3 aromatic rings. The van der Waals surface area contributed by atoms with E-state index in [9.17, 15) is 4.79 Å². The molecule has 0 spiro atoms. The topological polar surface area (TPSA) is 100 Å². The molecule has 18 heavy (non-hydrogen) atoms. The average Bonchev–Trinajstić information content (AvgIpc) is 2.73. The summed E-state index contributed by atoms with van der Waals surface area (Å²) >= 11 is 2.22. The van der Waals surface area contributed by atoms with Gasteiger partial charge in [-0.1, -0.05) is 12.1 Å². The number of halogens is 1. The molecular weight excluding hydrogens is 345 g/mol. The number of nitrogen functional groups attached to an aromatic ring is 1. The standard InChI is InChI=1S/C11H8IN5O/c12-6-3-1-2-5(4-6)8-14-7-9(15-8)16-11(13)17-10(7)18/h1-4H,(H4,13,14,15,16,17,18). The van der Waals surface area contributed by atoms with E-state index in [1.807, 2.05) is 24.3 Å². The SMILES string of the molecule is Nc1nc2nc(-c3cccc(I)c3)[nH]c2c(=O)[nH]1. The van der Waals surface area contributed by atoms with E-state index in [-0.39, 0.29) is 11.5 Å². The molecule has 0 saturated carbocycles. The number of nitrogens with one attached hydrogen (secondary N) is 2. The van der Waals surface area contributed by atoms with E-state index in [4.69, 9.17) is 5.73 Å². The number of hydrogen-bond acceptors (Lipinski definition) is 4. The first-order chi connectivity index (χ1) is 8.63. The summed E-state index contributed by atoms with van der Waals surface area (Å²) in [7, 11) is 0. The average molecular weight is 353 g/mol. The highest BCUT2D eigenvalue weighted by atomic mass is 127. The van der Waals surface area contributed by atoms with Gasteiger partial charge in [-0.05, 0) is 34.7 Å². The summed E-state index contributed by atoms with van der Waals surface area (Å²) in [4.78, 5) is 25.3. The molecule has 0 fully saturated rings. The van der Waals surface area contributed by atoms with Crippen molar-refractivity contribution in [2.45, 2.75) is 0 Å². The summed E-state index contributed by atoms with van der Waals surface area (Å²) in [6, 6.07) is 7.79. The van der Waals surface area contributed by atoms with E-state index < -0.39 is 0 Å². The lowest BCUT2D eigenvalue weighted by molar-refractivity contribution is 1.17. The number of fused-ring (bicyclic) bond motifs is 1. The van der Waals surface area contributed by atoms with Gasteiger partial charge in [-0.15, -0.1) is 0 Å². The summed E-state index contributed by atoms with van der Waals surface area (Å²) in [5, 5.41) is 0. The normalized spacial score (nSPS) is 10.9. The minimum absolute atomic E-state index is 0.0631. The number of nitrogens with zero attached hydrogens (tertiary/aromatic N) is 2. The molecule has 6 nitrogen and oxygen atoms in total. The van der Waals surface area contributed by atoms with Crippen molar-refractivity contribution in [3.05, 3.63) is 38.2 Å². The molecule has 0 bridgehead atoms. The number of benzene rings is 1. The quantitative estimate of drug-likeness (QED) is 0.577. The molecule has 0 aliphatic carbocycles. The van der Waals surface area contributed by atoms with Gasteiger partial charge in [0.15, 0.2) is 11.2 Å². The van der Waals surface area contributed by atoms with Crippen LogP contribution >= 0.6 is 22.6 Å². The zero-order chi connectivity index (χ0) is 12.7. The van der Waals surface area contributed by atoms with Crippen molar-refractivity contribution in [2.24, 2.45) is 0 Å². The maximum atomic E-state index is 11.7. The molecule has 0 unspecified atom stereocenters. The zero-order valence-electron chi connectivity index (χ0n) is 9.07. The molecule has 0 amide bonds. The van der Waals surface area contributed by atoms with Crippen LogP contribution in [0.25, 0.3) is 22.6 Å². The first kappa shape index (κ1) is 11.2. The minimum Gasteiger partial charge on any atom is -0.369 e. The lowest BCUT2D eigenvalue weighted by atomic mass is 10.2. The number of hydrogen-bond donors (Lipinski definition) is 3. The van der Waals surface area contributed by atoms with Crippen molar-refractivity contribution >= 4 is 39.7 Å². The van der Waals surface area contributed by atoms with Gasteiger partial charge in [0.1, 0.15) is 5.82 Å². The number of anilines is 1. The van der Waals surface area contributed by atoms with Gasteiger partial charge in [-0.2, -0.15) is 4.98 Å². The fourth-order valence-electron chi connectivity index (χ4n) is 1.70. The van der Waals surface area contributed by atoms with E-state index in [1.54, 1.807) is 0 Å². The van der Waals surface area contributed by atoms with E-state index in [2.05, 4.69) is 42.5 Å². The monoisotopic (exact) mass is 353 g/mol. The third-order valence-corrected chi connectivity index (χ3v) is 3.15. The molecular formula is C11H8IN5O. The van der Waals surface area contributed by atoms with Gasteiger partial charge in [-0.25, -0.2) is 4.98 Å². The van der Waals surface area contributed by atoms with Gasteiger partial charge in [0.25, 0.3) is 5.56 Å². The molecule has 3 rings (SSSR count). The molecule has 0 saturated heterocycles. The highest BCUT2D eigenvalue weighted by molar-refractivity contribution is 14.1. The van der Waals surface area contributed by atoms with Crippen LogP contribution in [0.15, 0.2) is 29.1 Å². The predicted molar refractivity (Wildman–Crippen MR) is 77.1 cm³/mol. The Balaban J connectivity index is 2.26. The van der Waals surface area contributed by atoms with Crippen LogP contribution in [-0.2, 0) is 0 Å². The van der Waals surface area contributed by atoms with Crippen molar-refractivity contribution in [2.75, 3.05) is 5.73 Å². The fourth-order valence-corrected chi connectivity index (χ4v) is 2.24. The molecule has 2 heterocycles. The van der Waals surface area contributed by atoms with Gasteiger partial charge in [0, 0.05) is 9.13 Å². The summed E-state index contributed by atoms with van der Waals surface area (Å²) in [5.41, 5.74) is 6.71. The van der Waals surface area contributed by atoms with Crippen molar-refractivity contribution < 1.29 is 0 Å². The van der Waals surface area contributed by atoms with Gasteiger partial charge in [0.2, 0.25) is 5.95 Å². The number of aromatic amines is 2. The minimum atomic E-state index is -0.318. The number of nitrogens with two attached hydrogens (primary N) is 1. The number of rotatable bonds is 1. The Morgan fingerprint density at radius 2 is 2.06 bits per heavy atom. The third-order valence-electron chi connectivity index (χ3n) is 2.48. The first-order valence-corrected chi connectivity index (χ1v) is 6.23. The highest BCUT2D eigenvalue weighted by Gasteiger charge is 2.10. The van der Waals surface area contributed by atoms with E-state index in [0.29, 0.717) is 17.0 Å². The van der Waals surface area contributed by atoms with Crippen molar-refractivity contribution in [1.29, 1.82) is 0 Å². The van der Waals surface area contributed by atoms with E-state index >= 15 is 0 Å². The summed E-state index contributed by atoms with van der Waals surface area (Å²) in [5.74, 6) is 0.667. The lowest BCUT2D eigenvalue weighted by Crippen LogP contribution is -2.10. The number of H-pyrrole nitrogens is 2. The highest BCUT2D eigenvalue weighted by Crippen LogP contribution is 2.19. The van der Waals surface area contributed by atoms with Crippen LogP contribution in [-0.4, -0.2) is 19.9 Å². The molecule has 0 aliphatic rings. The Bertz CT molecular complexity index is 791. The van der Waals surface area contributed by atoms with Gasteiger partial charge in [-0.3, -0.25) is 9.78 Å². The van der Waals surface area contributed by atoms with Crippen LogP contribution < -0.4 is 11.3 Å². The zero-order valence-corrected chi connectivity index (χ0v) is 11.2. The summed E-state index contributed by atoms with van der Waals surface area (Å²) < 4.78 is 1.09. The third kappa shape index (κ3) is 1.86. The molecule has 90 valence electrons. The Morgan fingerprint density at radius 3 is 2.83 bits per heavy atom. The predicted octanol–water partition coefficient (Wildman–Crippen LogP) is 1.50. The molecule has 7 heteroatoms. The van der Waals surface area contributed by atoms with Gasteiger partial charge in [0.05, 0.1) is 0 Å². The number of imidazole rings is 1. The molecule has 4 N–H and O–H groups in total. The fraction of sp³-hybridized carbons (Fsp3) is 0. The Morgan fingerprint density at radius 1 is 1.22 bits per heavy atom. The van der Waals surface area contributed by atoms with Crippen LogP contribution in [0.5, 0.6) is 0 Å². The van der Waals surface area contributed by atoms with Crippen molar-refractivity contribution in [3.8, 4) is 11.4 Å². The Labute approximate surface area is 115 Å². The molecule has 0 radical (unpaired) electrons. The van der Waals surface area contributed by atoms with E-state index in [0.717, 1.165) is 9.13 Å². The molecule has 1 aromatic carbocycles. The summed E-state index contributed by atoms with van der Waals surface area (Å²) in [6.07, 6.45) is 0. The van der Waals surface area contributed by atoms with Crippen LogP contribution in [0, 0.1) is 3.57 Å². The first-order valence-electron chi connectivity index (χ1n) is 5.15. The summed E-state index contributed by atoms with van der Waals surface area (Å²) in [6.45, 7) is 0. The van der Waals surface area contributed by atoms with Crippen molar-refractivity contribution in [1.82, 2.24) is 19.9 Å². The van der Waals surface area contributed by atoms with Gasteiger partial charge < -0.3 is 10.7 Å². The lowest BCUT2D eigenvalue weighted by Gasteiger charge is -1.96. The molecule has 0 atom stereocenters. The van der Waals surface area contributed by atoms with Crippen LogP contribution in [0.1, 0.15) is 0 Å². The Kier molecular flexibility index (Phi) is 2.54. The maximum Gasteiger partial charge on any atom is 0.278 e. The van der Waals surface area contributed by atoms with Crippen molar-refractivity contribution in [3.63, 3.8) is 0 Å². The molecule has 2 aromatic heterocycles. The Hall–Kier alpha value is -1.90.